The van der Waals surface area contributed by atoms with Crippen molar-refractivity contribution in [1.82, 2.24) is 10.4 Å². The minimum atomic E-state index is -0.657. The van der Waals surface area contributed by atoms with E-state index < -0.39 is 11.9 Å². The van der Waals surface area contributed by atoms with Gasteiger partial charge in [0.05, 0.1) is 30.1 Å². The van der Waals surface area contributed by atoms with Crippen molar-refractivity contribution in [2.45, 2.75) is 0 Å². The summed E-state index contributed by atoms with van der Waals surface area (Å²) in [6.45, 7) is 0. The van der Waals surface area contributed by atoms with E-state index in [1.165, 1.54) is 25.7 Å². The number of amides is 1. The Morgan fingerprint density at radius 1 is 1.00 bits per heavy atom. The van der Waals surface area contributed by atoms with E-state index in [4.69, 9.17) is 37.1 Å². The molecule has 1 amide bonds. The lowest BCUT2D eigenvalue weighted by atomic mass is 10.0. The predicted molar refractivity (Wildman–Crippen MR) is 145 cm³/mol. The molecule has 190 valence electrons. The molecule has 2 aromatic heterocycles. The second-order valence-corrected chi connectivity index (χ2v) is 8.87. The molecular weight excluding hydrogens is 529 g/mol. The molecule has 0 saturated heterocycles. The standard InChI is InChI=1S/C28H19Cl2N3O5/c1-36-23-12-16(9-10-21(23)38-28(35)22-8-5-11-37-22)15-31-33-27(34)26-24(17-6-3-2-4-7-17)19-13-18(29)14-20(30)25(19)32-26/h2-15,32H,1H3,(H,33,34). The van der Waals surface area contributed by atoms with E-state index in [0.29, 0.717) is 37.8 Å². The van der Waals surface area contributed by atoms with E-state index in [2.05, 4.69) is 15.5 Å². The average Bonchev–Trinajstić information content (AvgIpc) is 3.59. The van der Waals surface area contributed by atoms with E-state index >= 15 is 0 Å². The Balaban J connectivity index is 1.38. The van der Waals surface area contributed by atoms with Gasteiger partial charge in [-0.3, -0.25) is 4.79 Å². The van der Waals surface area contributed by atoms with Crippen LogP contribution in [0.1, 0.15) is 26.6 Å². The van der Waals surface area contributed by atoms with Crippen LogP contribution in [-0.2, 0) is 0 Å². The Labute approximate surface area is 226 Å². The molecule has 5 rings (SSSR count). The summed E-state index contributed by atoms with van der Waals surface area (Å²) in [4.78, 5) is 28.5. The average molecular weight is 548 g/mol. The zero-order valence-electron chi connectivity index (χ0n) is 19.8. The zero-order chi connectivity index (χ0) is 26.6. The number of H-pyrrole nitrogens is 1. The minimum Gasteiger partial charge on any atom is -0.493 e. The molecule has 2 heterocycles. The van der Waals surface area contributed by atoms with Crippen LogP contribution >= 0.6 is 23.2 Å². The van der Waals surface area contributed by atoms with Gasteiger partial charge >= 0.3 is 5.97 Å². The number of nitrogens with zero attached hydrogens (tertiary/aromatic N) is 1. The summed E-state index contributed by atoms with van der Waals surface area (Å²) in [6.07, 6.45) is 2.82. The normalized spacial score (nSPS) is 11.1. The summed E-state index contributed by atoms with van der Waals surface area (Å²) in [5.41, 5.74) is 5.48. The van der Waals surface area contributed by atoms with Gasteiger partial charge in [-0.1, -0.05) is 53.5 Å². The highest BCUT2D eigenvalue weighted by atomic mass is 35.5. The Morgan fingerprint density at radius 2 is 1.82 bits per heavy atom. The minimum absolute atomic E-state index is 0.0656. The molecule has 3 aromatic carbocycles. The van der Waals surface area contributed by atoms with E-state index in [0.717, 1.165) is 5.56 Å². The maximum absolute atomic E-state index is 13.2. The summed E-state index contributed by atoms with van der Waals surface area (Å²) in [5.74, 6) is -0.559. The molecule has 0 unspecified atom stereocenters. The molecular formula is C28H19Cl2N3O5. The molecule has 0 atom stereocenters. The summed E-state index contributed by atoms with van der Waals surface area (Å²) in [5, 5.41) is 5.65. The molecule has 38 heavy (non-hydrogen) atoms. The first-order chi connectivity index (χ1) is 18.4. The molecule has 0 bridgehead atoms. The third-order valence-corrected chi connectivity index (χ3v) is 6.12. The van der Waals surface area contributed by atoms with Gasteiger partial charge in [-0.2, -0.15) is 5.10 Å². The van der Waals surface area contributed by atoms with Crippen LogP contribution < -0.4 is 14.9 Å². The molecule has 5 aromatic rings. The molecule has 0 fully saturated rings. The highest BCUT2D eigenvalue weighted by Crippen LogP contribution is 2.37. The van der Waals surface area contributed by atoms with Gasteiger partial charge in [0, 0.05) is 16.0 Å². The van der Waals surface area contributed by atoms with Crippen molar-refractivity contribution in [3.63, 3.8) is 0 Å². The van der Waals surface area contributed by atoms with E-state index in [1.807, 2.05) is 30.3 Å². The van der Waals surface area contributed by atoms with Crippen molar-refractivity contribution in [2.24, 2.45) is 5.10 Å². The lowest BCUT2D eigenvalue weighted by molar-refractivity contribution is 0.0696. The topological polar surface area (TPSA) is 106 Å². The van der Waals surface area contributed by atoms with Crippen LogP contribution in [0.3, 0.4) is 0 Å². The molecule has 0 radical (unpaired) electrons. The largest absolute Gasteiger partial charge is 0.493 e. The number of aromatic amines is 1. The molecule has 10 heteroatoms. The van der Waals surface area contributed by atoms with Crippen molar-refractivity contribution in [3.05, 3.63) is 106 Å². The predicted octanol–water partition coefficient (Wildman–Crippen LogP) is 6.73. The summed E-state index contributed by atoms with van der Waals surface area (Å²) in [6, 6.07) is 20.7. The molecule has 0 spiro atoms. The number of hydrogen-bond acceptors (Lipinski definition) is 6. The van der Waals surface area contributed by atoms with Gasteiger partial charge in [-0.15, -0.1) is 0 Å². The van der Waals surface area contributed by atoms with Crippen LogP contribution in [0.25, 0.3) is 22.0 Å². The Morgan fingerprint density at radius 3 is 2.55 bits per heavy atom. The lowest BCUT2D eigenvalue weighted by Crippen LogP contribution is -2.18. The Kier molecular flexibility index (Phi) is 7.17. The first-order valence-electron chi connectivity index (χ1n) is 11.3. The Bertz CT molecular complexity index is 1660. The van der Waals surface area contributed by atoms with E-state index in [-0.39, 0.29) is 17.2 Å². The highest BCUT2D eigenvalue weighted by Gasteiger charge is 2.21. The number of aromatic nitrogens is 1. The smallest absolute Gasteiger partial charge is 0.379 e. The number of furan rings is 1. The molecule has 0 aliphatic rings. The van der Waals surface area contributed by atoms with E-state index in [9.17, 15) is 9.59 Å². The monoisotopic (exact) mass is 547 g/mol. The molecule has 0 saturated carbocycles. The number of rotatable bonds is 7. The van der Waals surface area contributed by atoms with Crippen molar-refractivity contribution in [3.8, 4) is 22.6 Å². The summed E-state index contributed by atoms with van der Waals surface area (Å²) < 4.78 is 15.7. The zero-order valence-corrected chi connectivity index (χ0v) is 21.3. The van der Waals surface area contributed by atoms with Crippen LogP contribution in [-0.4, -0.2) is 30.2 Å². The number of hydrogen-bond donors (Lipinski definition) is 2. The number of benzene rings is 3. The number of ether oxygens (including phenoxy) is 2. The first-order valence-corrected chi connectivity index (χ1v) is 12.0. The number of fused-ring (bicyclic) bond motifs is 1. The second-order valence-electron chi connectivity index (χ2n) is 8.03. The van der Waals surface area contributed by atoms with Crippen molar-refractivity contribution < 1.29 is 23.5 Å². The third-order valence-electron chi connectivity index (χ3n) is 5.61. The quantitative estimate of drug-likeness (QED) is 0.102. The number of carbonyl (C=O) groups is 2. The van der Waals surface area contributed by atoms with Crippen molar-refractivity contribution >= 4 is 52.2 Å². The van der Waals surface area contributed by atoms with E-state index in [1.54, 1.807) is 36.4 Å². The van der Waals surface area contributed by atoms with Crippen molar-refractivity contribution in [1.29, 1.82) is 0 Å². The fourth-order valence-corrected chi connectivity index (χ4v) is 4.45. The second kappa shape index (κ2) is 10.8. The first kappa shape index (κ1) is 25.1. The van der Waals surface area contributed by atoms with Gasteiger partial charge in [0.15, 0.2) is 11.5 Å². The molecule has 0 aliphatic carbocycles. The van der Waals surface area contributed by atoms with Crippen LogP contribution in [0.5, 0.6) is 11.5 Å². The van der Waals surface area contributed by atoms with Crippen LogP contribution in [0.15, 0.2) is 88.6 Å². The summed E-state index contributed by atoms with van der Waals surface area (Å²) in [7, 11) is 1.45. The van der Waals surface area contributed by atoms with Crippen LogP contribution in [0.2, 0.25) is 10.0 Å². The lowest BCUT2D eigenvalue weighted by Gasteiger charge is -2.09. The maximum Gasteiger partial charge on any atom is 0.379 e. The maximum atomic E-state index is 13.2. The Hall–Kier alpha value is -4.53. The fraction of sp³-hybridized carbons (Fsp3) is 0.0357. The van der Waals surface area contributed by atoms with Gasteiger partial charge in [0.2, 0.25) is 5.76 Å². The van der Waals surface area contributed by atoms with Gasteiger partial charge < -0.3 is 18.9 Å². The number of hydrazone groups is 1. The van der Waals surface area contributed by atoms with Gasteiger partial charge in [-0.05, 0) is 53.6 Å². The molecule has 2 N–H and O–H groups in total. The number of carbonyl (C=O) groups excluding carboxylic acids is 2. The summed E-state index contributed by atoms with van der Waals surface area (Å²) >= 11 is 12.6. The SMILES string of the molecule is COc1cc(C=NNC(=O)c2[nH]c3c(Cl)cc(Cl)cc3c2-c2ccccc2)ccc1OC(=O)c1ccco1. The van der Waals surface area contributed by atoms with Gasteiger partial charge in [0.1, 0.15) is 5.69 Å². The number of halogens is 2. The van der Waals surface area contributed by atoms with Crippen LogP contribution in [0.4, 0.5) is 0 Å². The number of esters is 1. The van der Waals surface area contributed by atoms with Gasteiger partial charge in [-0.25, -0.2) is 10.2 Å². The number of methoxy groups -OCH3 is 1. The highest BCUT2D eigenvalue weighted by molar-refractivity contribution is 6.39. The van der Waals surface area contributed by atoms with Gasteiger partial charge in [0.25, 0.3) is 5.91 Å². The fourth-order valence-electron chi connectivity index (χ4n) is 3.91. The third kappa shape index (κ3) is 5.13. The number of nitrogens with one attached hydrogen (secondary N) is 2. The molecule has 0 aliphatic heterocycles. The molecule has 8 nitrogen and oxygen atoms in total. The van der Waals surface area contributed by atoms with Crippen molar-refractivity contribution in [2.75, 3.05) is 7.11 Å². The van der Waals surface area contributed by atoms with Crippen LogP contribution in [0, 0.1) is 0 Å².